The van der Waals surface area contributed by atoms with Gasteiger partial charge in [0.05, 0.1) is 12.1 Å². The maximum atomic E-state index is 12.1. The molecule has 0 spiro atoms. The fraction of sp³-hybridized carbons (Fsp3) is 0.0833. The number of pyridine rings is 1. The second kappa shape index (κ2) is 5.46. The molecule has 0 saturated heterocycles. The number of rotatable bonds is 4. The zero-order chi connectivity index (χ0) is 13.9. The number of hydrogen-bond acceptors (Lipinski definition) is 4. The normalized spacial score (nSPS) is 11.1. The molecule has 7 heteroatoms. The average molecular weight is 299 g/mol. The van der Waals surface area contributed by atoms with Crippen molar-refractivity contribution in [1.29, 1.82) is 0 Å². The summed E-state index contributed by atoms with van der Waals surface area (Å²) < 4.78 is 31.6. The molecule has 2 aromatic rings. The van der Waals surface area contributed by atoms with Gasteiger partial charge in [0, 0.05) is 6.07 Å². The molecular formula is C12H11ClN2O3S. The van der Waals surface area contributed by atoms with E-state index in [2.05, 4.69) is 9.71 Å². The van der Waals surface area contributed by atoms with E-state index in [1.54, 1.807) is 24.3 Å². The van der Waals surface area contributed by atoms with Crippen molar-refractivity contribution in [3.05, 3.63) is 47.5 Å². The van der Waals surface area contributed by atoms with Crippen LogP contribution in [0.4, 0.5) is 5.82 Å². The molecule has 0 aliphatic heterocycles. The minimum Gasteiger partial charge on any atom is -0.481 e. The maximum absolute atomic E-state index is 12.1. The molecule has 1 aromatic heterocycles. The third-order valence-electron chi connectivity index (χ3n) is 2.30. The van der Waals surface area contributed by atoms with Gasteiger partial charge in [-0.25, -0.2) is 8.42 Å². The van der Waals surface area contributed by atoms with E-state index in [0.717, 1.165) is 0 Å². The summed E-state index contributed by atoms with van der Waals surface area (Å²) in [4.78, 5) is 3.98. The van der Waals surface area contributed by atoms with Crippen molar-refractivity contribution >= 4 is 27.4 Å². The van der Waals surface area contributed by atoms with Crippen LogP contribution >= 0.6 is 11.6 Å². The molecule has 1 aromatic carbocycles. The Balaban J connectivity index is 2.34. The Morgan fingerprint density at radius 2 is 1.89 bits per heavy atom. The highest BCUT2D eigenvalue weighted by atomic mass is 35.5. The lowest BCUT2D eigenvalue weighted by molar-refractivity contribution is 0.398. The van der Waals surface area contributed by atoms with E-state index in [9.17, 15) is 8.42 Å². The predicted molar refractivity (Wildman–Crippen MR) is 73.0 cm³/mol. The van der Waals surface area contributed by atoms with Crippen molar-refractivity contribution in [2.24, 2.45) is 0 Å². The van der Waals surface area contributed by atoms with Crippen LogP contribution in [0.25, 0.3) is 0 Å². The summed E-state index contributed by atoms with van der Waals surface area (Å²) in [5.41, 5.74) is 0. The molecule has 0 amide bonds. The Morgan fingerprint density at radius 1 is 1.16 bits per heavy atom. The zero-order valence-electron chi connectivity index (χ0n) is 10.00. The molecule has 1 heterocycles. The van der Waals surface area contributed by atoms with E-state index >= 15 is 0 Å². The lowest BCUT2D eigenvalue weighted by Crippen LogP contribution is -2.14. The van der Waals surface area contributed by atoms with E-state index < -0.39 is 10.0 Å². The van der Waals surface area contributed by atoms with Crippen molar-refractivity contribution in [1.82, 2.24) is 4.98 Å². The van der Waals surface area contributed by atoms with Gasteiger partial charge < -0.3 is 4.74 Å². The van der Waals surface area contributed by atoms with Crippen LogP contribution in [0.2, 0.25) is 5.02 Å². The number of anilines is 1. The summed E-state index contributed by atoms with van der Waals surface area (Å²) in [5, 5.41) is 0.151. The number of methoxy groups -OCH3 is 1. The number of halogens is 1. The van der Waals surface area contributed by atoms with Crippen LogP contribution in [0.1, 0.15) is 0 Å². The number of nitrogens with zero attached hydrogens (tertiary/aromatic N) is 1. The molecule has 100 valence electrons. The Hall–Kier alpha value is -1.79. The summed E-state index contributed by atoms with van der Waals surface area (Å²) in [5.74, 6) is 0.485. The molecule has 19 heavy (non-hydrogen) atoms. The number of sulfonamides is 1. The summed E-state index contributed by atoms with van der Waals surface area (Å²) >= 11 is 5.87. The quantitative estimate of drug-likeness (QED) is 0.942. The molecule has 0 unspecified atom stereocenters. The lowest BCUT2D eigenvalue weighted by atomic mass is 10.4. The van der Waals surface area contributed by atoms with E-state index in [-0.39, 0.29) is 15.7 Å². The second-order valence-electron chi connectivity index (χ2n) is 3.60. The summed E-state index contributed by atoms with van der Waals surface area (Å²) in [6.45, 7) is 0. The lowest BCUT2D eigenvalue weighted by Gasteiger charge is -2.09. The smallest absolute Gasteiger partial charge is 0.264 e. The van der Waals surface area contributed by atoms with Gasteiger partial charge in [-0.3, -0.25) is 4.72 Å². The van der Waals surface area contributed by atoms with Gasteiger partial charge in [0.2, 0.25) is 5.88 Å². The molecule has 0 radical (unpaired) electrons. The summed E-state index contributed by atoms with van der Waals surface area (Å²) in [6, 6.07) is 11.0. The van der Waals surface area contributed by atoms with Gasteiger partial charge in [0.1, 0.15) is 10.7 Å². The number of aromatic nitrogens is 1. The highest BCUT2D eigenvalue weighted by Crippen LogP contribution is 2.23. The summed E-state index contributed by atoms with van der Waals surface area (Å²) in [7, 11) is -2.32. The van der Waals surface area contributed by atoms with Gasteiger partial charge in [-0.1, -0.05) is 29.8 Å². The fourth-order valence-electron chi connectivity index (χ4n) is 1.44. The van der Waals surface area contributed by atoms with Crippen molar-refractivity contribution in [2.45, 2.75) is 4.90 Å². The van der Waals surface area contributed by atoms with Crippen LogP contribution in [0, 0.1) is 0 Å². The van der Waals surface area contributed by atoms with Gasteiger partial charge in [-0.05, 0) is 18.2 Å². The molecular weight excluding hydrogens is 288 g/mol. The zero-order valence-corrected chi connectivity index (χ0v) is 11.6. The van der Waals surface area contributed by atoms with Gasteiger partial charge in [-0.2, -0.15) is 4.98 Å². The van der Waals surface area contributed by atoms with Gasteiger partial charge in [0.25, 0.3) is 10.0 Å². The SMILES string of the molecule is COc1cccc(NS(=O)(=O)c2ccccc2Cl)n1. The van der Waals surface area contributed by atoms with Gasteiger partial charge in [0.15, 0.2) is 0 Å². The van der Waals surface area contributed by atoms with Crippen LogP contribution in [-0.4, -0.2) is 20.5 Å². The van der Waals surface area contributed by atoms with Crippen molar-refractivity contribution < 1.29 is 13.2 Å². The molecule has 0 saturated carbocycles. The Morgan fingerprint density at radius 3 is 2.58 bits per heavy atom. The van der Waals surface area contributed by atoms with E-state index in [4.69, 9.17) is 16.3 Å². The average Bonchev–Trinajstić information content (AvgIpc) is 2.38. The first-order valence-electron chi connectivity index (χ1n) is 5.31. The molecule has 1 N–H and O–H groups in total. The fourth-order valence-corrected chi connectivity index (χ4v) is 2.96. The highest BCUT2D eigenvalue weighted by Gasteiger charge is 2.18. The van der Waals surface area contributed by atoms with E-state index in [1.165, 1.54) is 25.3 Å². The third-order valence-corrected chi connectivity index (χ3v) is 4.15. The largest absolute Gasteiger partial charge is 0.481 e. The Bertz CT molecular complexity index is 689. The van der Waals surface area contributed by atoms with Crippen LogP contribution in [0.15, 0.2) is 47.4 Å². The van der Waals surface area contributed by atoms with Crippen LogP contribution in [0.3, 0.4) is 0 Å². The minimum absolute atomic E-state index is 0.00119. The monoisotopic (exact) mass is 298 g/mol. The maximum Gasteiger partial charge on any atom is 0.264 e. The predicted octanol–water partition coefficient (Wildman–Crippen LogP) is 2.54. The molecule has 2 rings (SSSR count). The topological polar surface area (TPSA) is 68.3 Å². The number of hydrogen-bond donors (Lipinski definition) is 1. The van der Waals surface area contributed by atoms with E-state index in [1.807, 2.05) is 0 Å². The second-order valence-corrected chi connectivity index (χ2v) is 5.66. The first-order chi connectivity index (χ1) is 9.03. The van der Waals surface area contributed by atoms with Crippen molar-refractivity contribution in [3.8, 4) is 5.88 Å². The minimum atomic E-state index is -3.77. The first-order valence-corrected chi connectivity index (χ1v) is 7.17. The first kappa shape index (κ1) is 13.6. The summed E-state index contributed by atoms with van der Waals surface area (Å²) in [6.07, 6.45) is 0. The molecule has 0 fully saturated rings. The number of ether oxygens (including phenoxy) is 1. The highest BCUT2D eigenvalue weighted by molar-refractivity contribution is 7.92. The molecule has 0 bridgehead atoms. The van der Waals surface area contributed by atoms with Crippen LogP contribution < -0.4 is 9.46 Å². The Kier molecular flexibility index (Phi) is 3.92. The molecule has 5 nitrogen and oxygen atoms in total. The van der Waals surface area contributed by atoms with Crippen molar-refractivity contribution in [3.63, 3.8) is 0 Å². The van der Waals surface area contributed by atoms with Gasteiger partial charge >= 0.3 is 0 Å². The van der Waals surface area contributed by atoms with Gasteiger partial charge in [-0.15, -0.1) is 0 Å². The number of benzene rings is 1. The van der Waals surface area contributed by atoms with Crippen LogP contribution in [0.5, 0.6) is 5.88 Å². The van der Waals surface area contributed by atoms with Crippen molar-refractivity contribution in [2.75, 3.05) is 11.8 Å². The number of nitrogens with one attached hydrogen (secondary N) is 1. The Labute approximate surface area is 116 Å². The molecule has 0 aliphatic carbocycles. The third kappa shape index (κ3) is 3.15. The molecule has 0 aliphatic rings. The van der Waals surface area contributed by atoms with Crippen LogP contribution in [-0.2, 0) is 10.0 Å². The molecule has 0 atom stereocenters. The standard InChI is InChI=1S/C12H11ClN2O3S/c1-18-12-8-4-7-11(14-12)15-19(16,17)10-6-3-2-5-9(10)13/h2-8H,1H3,(H,14,15). The van der Waals surface area contributed by atoms with E-state index in [0.29, 0.717) is 5.88 Å².